The molecule has 1 aliphatic carbocycles. The molecular formula is C13H22O4. The van der Waals surface area contributed by atoms with Crippen molar-refractivity contribution in [2.24, 2.45) is 11.8 Å². The van der Waals surface area contributed by atoms with E-state index in [-0.39, 0.29) is 0 Å². The second-order valence-corrected chi connectivity index (χ2v) is 4.80. The highest BCUT2D eigenvalue weighted by Crippen LogP contribution is 2.30. The van der Waals surface area contributed by atoms with E-state index in [1.807, 2.05) is 6.92 Å². The van der Waals surface area contributed by atoms with Crippen LogP contribution in [0.15, 0.2) is 0 Å². The smallest absolute Gasteiger partial charge is 0.320 e. The molecule has 0 aromatic rings. The molecule has 0 bridgehead atoms. The highest BCUT2D eigenvalue weighted by molar-refractivity contribution is 5.93. The number of hydrogen-bond acceptors (Lipinski definition) is 3. The average Bonchev–Trinajstić information content (AvgIpc) is 2.78. The summed E-state index contributed by atoms with van der Waals surface area (Å²) in [6.07, 6.45) is 6.58. The lowest BCUT2D eigenvalue weighted by molar-refractivity contribution is -0.159. The Balaban J connectivity index is 2.40. The van der Waals surface area contributed by atoms with Crippen molar-refractivity contribution in [2.45, 2.75) is 51.9 Å². The van der Waals surface area contributed by atoms with Crippen LogP contribution in [0.3, 0.4) is 0 Å². The number of carbonyl (C=O) groups excluding carboxylic acids is 1. The topological polar surface area (TPSA) is 63.6 Å². The van der Waals surface area contributed by atoms with Crippen molar-refractivity contribution < 1.29 is 19.4 Å². The predicted molar refractivity (Wildman–Crippen MR) is 63.6 cm³/mol. The lowest BCUT2D eigenvalue weighted by atomic mass is 9.93. The van der Waals surface area contributed by atoms with Gasteiger partial charge in [0.1, 0.15) is 0 Å². The number of hydrogen-bond donors (Lipinski definition) is 1. The van der Waals surface area contributed by atoms with Gasteiger partial charge < -0.3 is 9.84 Å². The molecule has 0 aromatic carbocycles. The van der Waals surface area contributed by atoms with Crippen LogP contribution in [0.4, 0.5) is 0 Å². The van der Waals surface area contributed by atoms with Gasteiger partial charge in [-0.25, -0.2) is 0 Å². The molecule has 1 atom stereocenters. The van der Waals surface area contributed by atoms with E-state index in [0.29, 0.717) is 18.9 Å². The van der Waals surface area contributed by atoms with E-state index in [2.05, 4.69) is 0 Å². The second kappa shape index (κ2) is 7.30. The molecule has 4 nitrogen and oxygen atoms in total. The van der Waals surface area contributed by atoms with E-state index >= 15 is 0 Å². The Hall–Kier alpha value is -1.06. The molecule has 98 valence electrons. The SMILES string of the molecule is CCCCOC(=O)C(CC1CCCC1)C(=O)O. The summed E-state index contributed by atoms with van der Waals surface area (Å²) in [6.45, 7) is 2.34. The number of carbonyl (C=O) groups is 2. The first-order valence-electron chi connectivity index (χ1n) is 6.54. The molecule has 1 fully saturated rings. The van der Waals surface area contributed by atoms with Crippen LogP contribution in [0.5, 0.6) is 0 Å². The average molecular weight is 242 g/mol. The summed E-state index contributed by atoms with van der Waals surface area (Å²) in [5, 5.41) is 9.06. The molecule has 17 heavy (non-hydrogen) atoms. The Labute approximate surface area is 102 Å². The third-order valence-corrected chi connectivity index (χ3v) is 3.37. The van der Waals surface area contributed by atoms with Crippen LogP contribution in [0.2, 0.25) is 0 Å². The Morgan fingerprint density at radius 1 is 1.35 bits per heavy atom. The van der Waals surface area contributed by atoms with Crippen LogP contribution >= 0.6 is 0 Å². The number of carboxylic acids is 1. The van der Waals surface area contributed by atoms with Crippen LogP contribution in [0.25, 0.3) is 0 Å². The van der Waals surface area contributed by atoms with E-state index < -0.39 is 17.9 Å². The van der Waals surface area contributed by atoms with Crippen molar-refractivity contribution >= 4 is 11.9 Å². The van der Waals surface area contributed by atoms with Crippen LogP contribution in [-0.4, -0.2) is 23.7 Å². The van der Waals surface area contributed by atoms with Crippen molar-refractivity contribution in [1.29, 1.82) is 0 Å². The van der Waals surface area contributed by atoms with E-state index in [9.17, 15) is 9.59 Å². The zero-order valence-electron chi connectivity index (χ0n) is 10.5. The number of esters is 1. The Morgan fingerprint density at radius 3 is 2.53 bits per heavy atom. The predicted octanol–water partition coefficient (Wildman–Crippen LogP) is 2.61. The molecule has 0 spiro atoms. The molecule has 0 amide bonds. The Bertz CT molecular complexity index is 256. The Kier molecular flexibility index (Phi) is 6.01. The summed E-state index contributed by atoms with van der Waals surface area (Å²) in [6, 6.07) is 0. The van der Waals surface area contributed by atoms with Gasteiger partial charge in [0.15, 0.2) is 5.92 Å². The first kappa shape index (κ1) is 14.0. The first-order valence-corrected chi connectivity index (χ1v) is 6.54. The molecule has 4 heteroatoms. The molecule has 1 aliphatic rings. The normalized spacial score (nSPS) is 17.9. The lowest BCUT2D eigenvalue weighted by Gasteiger charge is -2.15. The van der Waals surface area contributed by atoms with Gasteiger partial charge >= 0.3 is 11.9 Å². The highest BCUT2D eigenvalue weighted by atomic mass is 16.5. The summed E-state index contributed by atoms with van der Waals surface area (Å²) in [4.78, 5) is 22.7. The van der Waals surface area contributed by atoms with E-state index in [1.165, 1.54) is 0 Å². The first-order chi connectivity index (χ1) is 8.15. The Morgan fingerprint density at radius 2 is 2.00 bits per heavy atom. The van der Waals surface area contributed by atoms with Crippen LogP contribution < -0.4 is 0 Å². The van der Waals surface area contributed by atoms with E-state index in [4.69, 9.17) is 9.84 Å². The molecule has 1 saturated carbocycles. The summed E-state index contributed by atoms with van der Waals surface area (Å²) in [5.74, 6) is -2.18. The number of carboxylic acid groups (broad SMARTS) is 1. The molecule has 0 aliphatic heterocycles. The van der Waals surface area contributed by atoms with Gasteiger partial charge in [-0.15, -0.1) is 0 Å². The van der Waals surface area contributed by atoms with Gasteiger partial charge in [0.05, 0.1) is 6.61 Å². The summed E-state index contributed by atoms with van der Waals surface area (Å²) in [5.41, 5.74) is 0. The van der Waals surface area contributed by atoms with Gasteiger partial charge in [-0.05, 0) is 18.8 Å². The molecule has 0 aromatic heterocycles. The monoisotopic (exact) mass is 242 g/mol. The summed E-state index contributed by atoms with van der Waals surface area (Å²) >= 11 is 0. The molecule has 0 saturated heterocycles. The maximum absolute atomic E-state index is 11.6. The fourth-order valence-corrected chi connectivity index (χ4v) is 2.29. The largest absolute Gasteiger partial charge is 0.481 e. The highest BCUT2D eigenvalue weighted by Gasteiger charge is 2.31. The van der Waals surface area contributed by atoms with E-state index in [1.54, 1.807) is 0 Å². The van der Waals surface area contributed by atoms with Gasteiger partial charge in [-0.3, -0.25) is 9.59 Å². The number of unbranched alkanes of at least 4 members (excludes halogenated alkanes) is 1. The van der Waals surface area contributed by atoms with Gasteiger partial charge in [-0.1, -0.05) is 39.0 Å². The molecule has 1 rings (SSSR count). The van der Waals surface area contributed by atoms with Gasteiger partial charge in [0.25, 0.3) is 0 Å². The van der Waals surface area contributed by atoms with Crippen LogP contribution in [-0.2, 0) is 14.3 Å². The van der Waals surface area contributed by atoms with Gasteiger partial charge in [0.2, 0.25) is 0 Å². The van der Waals surface area contributed by atoms with Crippen molar-refractivity contribution in [3.8, 4) is 0 Å². The molecule has 0 radical (unpaired) electrons. The number of ether oxygens (including phenoxy) is 1. The minimum atomic E-state index is -1.04. The maximum Gasteiger partial charge on any atom is 0.320 e. The van der Waals surface area contributed by atoms with Gasteiger partial charge in [-0.2, -0.15) is 0 Å². The van der Waals surface area contributed by atoms with E-state index in [0.717, 1.165) is 38.5 Å². The third kappa shape index (κ3) is 4.75. The lowest BCUT2D eigenvalue weighted by Crippen LogP contribution is -2.28. The number of aliphatic carboxylic acids is 1. The third-order valence-electron chi connectivity index (χ3n) is 3.37. The van der Waals surface area contributed by atoms with Crippen molar-refractivity contribution in [3.05, 3.63) is 0 Å². The van der Waals surface area contributed by atoms with Gasteiger partial charge in [0, 0.05) is 0 Å². The fourth-order valence-electron chi connectivity index (χ4n) is 2.29. The summed E-state index contributed by atoms with van der Waals surface area (Å²) < 4.78 is 5.00. The zero-order valence-corrected chi connectivity index (χ0v) is 10.5. The fraction of sp³-hybridized carbons (Fsp3) is 0.846. The van der Waals surface area contributed by atoms with Crippen molar-refractivity contribution in [1.82, 2.24) is 0 Å². The molecular weight excluding hydrogens is 220 g/mol. The molecule has 1 N–H and O–H groups in total. The molecule has 1 unspecified atom stereocenters. The minimum Gasteiger partial charge on any atom is -0.481 e. The molecule has 0 heterocycles. The van der Waals surface area contributed by atoms with Crippen molar-refractivity contribution in [3.63, 3.8) is 0 Å². The maximum atomic E-state index is 11.6. The van der Waals surface area contributed by atoms with Crippen LogP contribution in [0.1, 0.15) is 51.9 Å². The minimum absolute atomic E-state index is 0.337. The standard InChI is InChI=1S/C13H22O4/c1-2-3-8-17-13(16)11(12(14)15)9-10-6-4-5-7-10/h10-11H,2-9H2,1H3,(H,14,15). The number of rotatable bonds is 7. The zero-order chi connectivity index (χ0) is 12.7. The quantitative estimate of drug-likeness (QED) is 0.423. The van der Waals surface area contributed by atoms with Crippen LogP contribution in [0, 0.1) is 11.8 Å². The second-order valence-electron chi connectivity index (χ2n) is 4.80. The summed E-state index contributed by atoms with van der Waals surface area (Å²) in [7, 11) is 0. The van der Waals surface area contributed by atoms with Crippen molar-refractivity contribution in [2.75, 3.05) is 6.61 Å².